The lowest BCUT2D eigenvalue weighted by molar-refractivity contribution is 0.440. The zero-order valence-electron chi connectivity index (χ0n) is 11.1. The fraction of sp³-hybridized carbons (Fsp3) is 0.375. The van der Waals surface area contributed by atoms with Crippen molar-refractivity contribution in [2.24, 2.45) is 0 Å². The van der Waals surface area contributed by atoms with Gasteiger partial charge in [0.05, 0.1) is 6.26 Å². The fourth-order valence-corrected chi connectivity index (χ4v) is 2.61. The van der Waals surface area contributed by atoms with Crippen molar-refractivity contribution in [3.05, 3.63) is 59.5 Å². The van der Waals surface area contributed by atoms with Crippen LogP contribution in [0.1, 0.15) is 16.9 Å². The third-order valence-corrected chi connectivity index (χ3v) is 3.68. The Morgan fingerprint density at radius 3 is 2.89 bits per heavy atom. The van der Waals surface area contributed by atoms with Gasteiger partial charge in [0.2, 0.25) is 0 Å². The number of benzene rings is 1. The summed E-state index contributed by atoms with van der Waals surface area (Å²) in [6.45, 7) is 2.96. The molecule has 1 unspecified atom stereocenters. The van der Waals surface area contributed by atoms with Gasteiger partial charge < -0.3 is 15.1 Å². The molecule has 0 radical (unpaired) electrons. The number of rotatable bonds is 5. The normalized spacial score (nSPS) is 18.2. The van der Waals surface area contributed by atoms with E-state index in [0.29, 0.717) is 6.04 Å². The minimum Gasteiger partial charge on any atom is -0.469 e. The summed E-state index contributed by atoms with van der Waals surface area (Å²) in [4.78, 5) is 0. The molecule has 0 spiro atoms. The Kier molecular flexibility index (Phi) is 3.96. The molecule has 0 aliphatic carbocycles. The van der Waals surface area contributed by atoms with E-state index in [-0.39, 0.29) is 0 Å². The van der Waals surface area contributed by atoms with Gasteiger partial charge >= 0.3 is 0 Å². The molecular formula is C16H20N2O. The molecule has 0 saturated heterocycles. The number of hydrogen-bond acceptors (Lipinski definition) is 3. The van der Waals surface area contributed by atoms with Gasteiger partial charge in [0.15, 0.2) is 0 Å². The average Bonchev–Trinajstić information content (AvgIpc) is 2.97. The van der Waals surface area contributed by atoms with Gasteiger partial charge in [-0.05, 0) is 29.7 Å². The zero-order chi connectivity index (χ0) is 12.9. The molecule has 0 fully saturated rings. The molecule has 0 amide bonds. The van der Waals surface area contributed by atoms with Crippen LogP contribution in [0.15, 0.2) is 47.1 Å². The molecule has 3 nitrogen and oxygen atoms in total. The highest BCUT2D eigenvalue weighted by molar-refractivity contribution is 5.29. The quantitative estimate of drug-likeness (QED) is 0.805. The van der Waals surface area contributed by atoms with Gasteiger partial charge in [0, 0.05) is 32.1 Å². The van der Waals surface area contributed by atoms with E-state index < -0.39 is 0 Å². The maximum Gasteiger partial charge on any atom is 0.105 e. The van der Waals surface area contributed by atoms with Crippen molar-refractivity contribution < 1.29 is 4.42 Å². The summed E-state index contributed by atoms with van der Waals surface area (Å²) in [6, 6.07) is 13.2. The van der Waals surface area contributed by atoms with Gasteiger partial charge in [0.1, 0.15) is 5.76 Å². The van der Waals surface area contributed by atoms with Crippen molar-refractivity contribution in [3.8, 4) is 0 Å². The molecule has 3 heteroatoms. The Morgan fingerprint density at radius 2 is 2.05 bits per heavy atom. The van der Waals surface area contributed by atoms with Crippen LogP contribution in [0.3, 0.4) is 0 Å². The molecule has 2 heterocycles. The van der Waals surface area contributed by atoms with Crippen LogP contribution in [-0.4, -0.2) is 19.1 Å². The van der Waals surface area contributed by atoms with Crippen molar-refractivity contribution in [1.82, 2.24) is 10.6 Å². The van der Waals surface area contributed by atoms with Crippen LogP contribution in [0.2, 0.25) is 0 Å². The Labute approximate surface area is 114 Å². The van der Waals surface area contributed by atoms with E-state index >= 15 is 0 Å². The molecule has 3 rings (SSSR count). The lowest BCUT2D eigenvalue weighted by Crippen LogP contribution is -2.43. The number of fused-ring (bicyclic) bond motifs is 1. The Balaban J connectivity index is 1.42. The molecular weight excluding hydrogens is 236 g/mol. The maximum absolute atomic E-state index is 5.32. The van der Waals surface area contributed by atoms with Gasteiger partial charge in [-0.1, -0.05) is 24.3 Å². The molecule has 19 heavy (non-hydrogen) atoms. The van der Waals surface area contributed by atoms with Crippen LogP contribution >= 0.6 is 0 Å². The molecule has 1 atom stereocenters. The zero-order valence-corrected chi connectivity index (χ0v) is 11.1. The van der Waals surface area contributed by atoms with Gasteiger partial charge in [-0.25, -0.2) is 0 Å². The molecule has 1 aliphatic rings. The molecule has 2 aromatic rings. The third-order valence-electron chi connectivity index (χ3n) is 3.68. The van der Waals surface area contributed by atoms with Crippen molar-refractivity contribution in [3.63, 3.8) is 0 Å². The van der Waals surface area contributed by atoms with Gasteiger partial charge in [-0.3, -0.25) is 0 Å². The summed E-state index contributed by atoms with van der Waals surface area (Å²) >= 11 is 0. The highest BCUT2D eigenvalue weighted by Gasteiger charge is 2.16. The first-order valence-electron chi connectivity index (χ1n) is 6.95. The molecule has 1 aliphatic heterocycles. The Morgan fingerprint density at radius 1 is 1.16 bits per heavy atom. The summed E-state index contributed by atoms with van der Waals surface area (Å²) in [6.07, 6.45) is 3.80. The third kappa shape index (κ3) is 3.25. The SMILES string of the molecule is c1coc(CCNCC2Cc3ccccc3CN2)c1. The van der Waals surface area contributed by atoms with E-state index in [1.807, 2.05) is 12.1 Å². The first-order valence-corrected chi connectivity index (χ1v) is 6.95. The van der Waals surface area contributed by atoms with E-state index in [1.165, 1.54) is 11.1 Å². The summed E-state index contributed by atoms with van der Waals surface area (Å²) in [7, 11) is 0. The lowest BCUT2D eigenvalue weighted by atomic mass is 9.96. The first-order chi connectivity index (χ1) is 9.42. The highest BCUT2D eigenvalue weighted by atomic mass is 16.3. The summed E-state index contributed by atoms with van der Waals surface area (Å²) in [5.41, 5.74) is 2.92. The maximum atomic E-state index is 5.32. The molecule has 2 N–H and O–H groups in total. The lowest BCUT2D eigenvalue weighted by Gasteiger charge is -2.26. The van der Waals surface area contributed by atoms with Crippen molar-refractivity contribution in [1.29, 1.82) is 0 Å². The van der Waals surface area contributed by atoms with Gasteiger partial charge in [0.25, 0.3) is 0 Å². The predicted octanol–water partition coefficient (Wildman–Crippen LogP) is 2.13. The number of hydrogen-bond donors (Lipinski definition) is 2. The summed E-state index contributed by atoms with van der Waals surface area (Å²) in [5, 5.41) is 7.08. The second-order valence-electron chi connectivity index (χ2n) is 5.08. The van der Waals surface area contributed by atoms with E-state index in [2.05, 4.69) is 34.9 Å². The molecule has 0 bridgehead atoms. The minimum atomic E-state index is 0.534. The Bertz CT molecular complexity index is 507. The van der Waals surface area contributed by atoms with E-state index in [0.717, 1.165) is 38.2 Å². The first kappa shape index (κ1) is 12.5. The van der Waals surface area contributed by atoms with E-state index in [4.69, 9.17) is 4.42 Å². The van der Waals surface area contributed by atoms with E-state index in [1.54, 1.807) is 6.26 Å². The topological polar surface area (TPSA) is 37.2 Å². The van der Waals surface area contributed by atoms with E-state index in [9.17, 15) is 0 Å². The Hall–Kier alpha value is -1.58. The second kappa shape index (κ2) is 6.04. The molecule has 1 aromatic heterocycles. The largest absolute Gasteiger partial charge is 0.469 e. The van der Waals surface area contributed by atoms with Crippen LogP contribution in [0.4, 0.5) is 0 Å². The van der Waals surface area contributed by atoms with Crippen LogP contribution < -0.4 is 10.6 Å². The fourth-order valence-electron chi connectivity index (χ4n) is 2.61. The van der Waals surface area contributed by atoms with Gasteiger partial charge in [-0.15, -0.1) is 0 Å². The summed E-state index contributed by atoms with van der Waals surface area (Å²) in [5.74, 6) is 1.05. The number of nitrogens with one attached hydrogen (secondary N) is 2. The van der Waals surface area contributed by atoms with Crippen molar-refractivity contribution in [2.45, 2.75) is 25.4 Å². The predicted molar refractivity (Wildman–Crippen MR) is 76.1 cm³/mol. The van der Waals surface area contributed by atoms with Crippen LogP contribution in [0.5, 0.6) is 0 Å². The van der Waals surface area contributed by atoms with Crippen molar-refractivity contribution >= 4 is 0 Å². The smallest absolute Gasteiger partial charge is 0.105 e. The average molecular weight is 256 g/mol. The highest BCUT2D eigenvalue weighted by Crippen LogP contribution is 2.15. The van der Waals surface area contributed by atoms with Crippen molar-refractivity contribution in [2.75, 3.05) is 13.1 Å². The molecule has 0 saturated carbocycles. The molecule has 100 valence electrons. The number of furan rings is 1. The van der Waals surface area contributed by atoms with Crippen LogP contribution in [-0.2, 0) is 19.4 Å². The summed E-state index contributed by atoms with van der Waals surface area (Å²) < 4.78 is 5.32. The molecule has 1 aromatic carbocycles. The van der Waals surface area contributed by atoms with Crippen LogP contribution in [0, 0.1) is 0 Å². The van der Waals surface area contributed by atoms with Gasteiger partial charge in [-0.2, -0.15) is 0 Å². The van der Waals surface area contributed by atoms with Crippen LogP contribution in [0.25, 0.3) is 0 Å². The monoisotopic (exact) mass is 256 g/mol. The second-order valence-corrected chi connectivity index (χ2v) is 5.08. The minimum absolute atomic E-state index is 0.534. The standard InChI is InChI=1S/C16H20N2O/c1-2-5-14-11-18-15(10-13(14)4-1)12-17-8-7-16-6-3-9-19-16/h1-6,9,15,17-18H,7-8,10-12H2.